The molecule has 130 valence electrons. The summed E-state index contributed by atoms with van der Waals surface area (Å²) in [6.07, 6.45) is 1.78. The van der Waals surface area contributed by atoms with Crippen molar-refractivity contribution in [3.63, 3.8) is 0 Å². The number of hydrogen-bond donors (Lipinski definition) is 0. The Morgan fingerprint density at radius 2 is 1.96 bits per heavy atom. The number of benzene rings is 1. The molecule has 1 aliphatic rings. The highest BCUT2D eigenvalue weighted by atomic mass is 16.6. The number of likely N-dealkylation sites (N-methyl/N-ethyl adjacent to an activating group) is 1. The fraction of sp³-hybridized carbons (Fsp3) is 0.474. The van der Waals surface area contributed by atoms with Crippen molar-refractivity contribution in [3.8, 4) is 0 Å². The van der Waals surface area contributed by atoms with Crippen LogP contribution in [0.15, 0.2) is 24.8 Å². The maximum absolute atomic E-state index is 12.3. The van der Waals surface area contributed by atoms with Crippen LogP contribution in [0.25, 0.3) is 0 Å². The van der Waals surface area contributed by atoms with Crippen molar-refractivity contribution in [1.29, 1.82) is 0 Å². The van der Waals surface area contributed by atoms with Gasteiger partial charge >= 0.3 is 6.09 Å². The van der Waals surface area contributed by atoms with Gasteiger partial charge in [0, 0.05) is 25.8 Å². The van der Waals surface area contributed by atoms with Gasteiger partial charge in [-0.2, -0.15) is 0 Å². The van der Waals surface area contributed by atoms with Crippen molar-refractivity contribution in [2.24, 2.45) is 0 Å². The molecule has 5 nitrogen and oxygen atoms in total. The Labute approximate surface area is 143 Å². The van der Waals surface area contributed by atoms with E-state index in [1.807, 2.05) is 33.8 Å². The van der Waals surface area contributed by atoms with Crippen LogP contribution in [0.1, 0.15) is 37.5 Å². The summed E-state index contributed by atoms with van der Waals surface area (Å²) in [5.74, 6) is -0.155. The molecule has 2 rings (SSSR count). The van der Waals surface area contributed by atoms with Crippen molar-refractivity contribution in [2.75, 3.05) is 18.5 Å². The molecule has 0 aliphatic carbocycles. The molecule has 5 heteroatoms. The first kappa shape index (κ1) is 18.0. The summed E-state index contributed by atoms with van der Waals surface area (Å²) >= 11 is 0. The Bertz CT molecular complexity index is 674. The first-order chi connectivity index (χ1) is 11.1. The van der Waals surface area contributed by atoms with Crippen LogP contribution in [-0.2, 0) is 22.5 Å². The minimum absolute atomic E-state index is 0.155. The summed E-state index contributed by atoms with van der Waals surface area (Å²) in [5, 5.41) is 0. The molecule has 0 saturated carbocycles. The maximum Gasteiger partial charge on any atom is 0.410 e. The highest BCUT2D eigenvalue weighted by Crippen LogP contribution is 2.29. The lowest BCUT2D eigenvalue weighted by Gasteiger charge is -2.32. The highest BCUT2D eigenvalue weighted by molar-refractivity contribution is 6.01. The number of hydrogen-bond acceptors (Lipinski definition) is 3. The number of carbonyl (C=O) groups is 2. The number of nitrogens with zero attached hydrogens (tertiary/aromatic N) is 2. The van der Waals surface area contributed by atoms with E-state index in [1.54, 1.807) is 16.8 Å². The Morgan fingerprint density at radius 3 is 2.54 bits per heavy atom. The van der Waals surface area contributed by atoms with E-state index in [2.05, 4.69) is 12.6 Å². The highest BCUT2D eigenvalue weighted by Gasteiger charge is 2.26. The predicted octanol–water partition coefficient (Wildman–Crippen LogP) is 3.44. The summed E-state index contributed by atoms with van der Waals surface area (Å²) < 4.78 is 5.46. The SMILES string of the molecule is C=CC(=O)N(C)c1cc2c(cc1C)CCN(C(=O)OC(C)(C)C)C2. The van der Waals surface area contributed by atoms with Crippen molar-refractivity contribution >= 4 is 17.7 Å². The molecule has 1 aromatic carbocycles. The molecule has 24 heavy (non-hydrogen) atoms. The zero-order valence-electron chi connectivity index (χ0n) is 15.2. The van der Waals surface area contributed by atoms with Crippen molar-refractivity contribution < 1.29 is 14.3 Å². The molecule has 0 aromatic heterocycles. The van der Waals surface area contributed by atoms with Gasteiger partial charge in [-0.3, -0.25) is 4.79 Å². The van der Waals surface area contributed by atoms with Gasteiger partial charge in [0.15, 0.2) is 0 Å². The molecule has 1 aliphatic heterocycles. The number of ether oxygens (including phenoxy) is 1. The lowest BCUT2D eigenvalue weighted by atomic mass is 9.96. The van der Waals surface area contributed by atoms with Gasteiger partial charge in [-0.15, -0.1) is 0 Å². The summed E-state index contributed by atoms with van der Waals surface area (Å²) in [6, 6.07) is 4.09. The fourth-order valence-corrected chi connectivity index (χ4v) is 2.82. The third-order valence-electron chi connectivity index (χ3n) is 4.05. The predicted molar refractivity (Wildman–Crippen MR) is 95.1 cm³/mol. The summed E-state index contributed by atoms with van der Waals surface area (Å²) in [4.78, 5) is 27.5. The first-order valence-corrected chi connectivity index (χ1v) is 8.13. The van der Waals surface area contributed by atoms with Crippen LogP contribution in [-0.4, -0.2) is 36.1 Å². The van der Waals surface area contributed by atoms with E-state index in [4.69, 9.17) is 4.74 Å². The minimum atomic E-state index is -0.508. The number of anilines is 1. The molecule has 1 heterocycles. The van der Waals surface area contributed by atoms with Crippen LogP contribution in [0.3, 0.4) is 0 Å². The second kappa shape index (κ2) is 6.67. The van der Waals surface area contributed by atoms with Gasteiger partial charge in [0.1, 0.15) is 5.60 Å². The summed E-state index contributed by atoms with van der Waals surface area (Å²) in [7, 11) is 1.73. The van der Waals surface area contributed by atoms with Gasteiger partial charge in [0.2, 0.25) is 5.91 Å². The number of fused-ring (bicyclic) bond motifs is 1. The molecule has 0 saturated heterocycles. The molecular weight excluding hydrogens is 304 g/mol. The number of aryl methyl sites for hydroxylation is 1. The molecule has 0 radical (unpaired) electrons. The van der Waals surface area contributed by atoms with Crippen molar-refractivity contribution in [2.45, 2.75) is 46.3 Å². The van der Waals surface area contributed by atoms with E-state index in [1.165, 1.54) is 11.6 Å². The monoisotopic (exact) mass is 330 g/mol. The summed E-state index contributed by atoms with van der Waals surface area (Å²) in [5.41, 5.74) is 3.64. The Morgan fingerprint density at radius 1 is 1.29 bits per heavy atom. The second-order valence-electron chi connectivity index (χ2n) is 7.16. The number of rotatable bonds is 2. The van der Waals surface area contributed by atoms with E-state index in [-0.39, 0.29) is 12.0 Å². The topological polar surface area (TPSA) is 49.9 Å². The Hall–Kier alpha value is -2.30. The van der Waals surface area contributed by atoms with Crippen LogP contribution < -0.4 is 4.90 Å². The van der Waals surface area contributed by atoms with Crippen molar-refractivity contribution in [1.82, 2.24) is 4.90 Å². The van der Waals surface area contributed by atoms with E-state index in [0.29, 0.717) is 13.1 Å². The molecular formula is C19H26N2O3. The fourth-order valence-electron chi connectivity index (χ4n) is 2.82. The molecule has 0 spiro atoms. The van der Waals surface area contributed by atoms with Gasteiger partial charge in [-0.25, -0.2) is 4.79 Å². The quantitative estimate of drug-likeness (QED) is 0.781. The van der Waals surface area contributed by atoms with E-state index in [0.717, 1.165) is 23.2 Å². The lowest BCUT2D eigenvalue weighted by molar-refractivity contribution is -0.113. The Balaban J connectivity index is 2.25. The standard InChI is InChI=1S/C19H26N2O3/c1-7-17(22)20(6)16-11-15-12-21(18(23)24-19(3,4)5)9-8-14(15)10-13(16)2/h7,10-11H,1,8-9,12H2,2-6H3. The lowest BCUT2D eigenvalue weighted by Crippen LogP contribution is -2.40. The van der Waals surface area contributed by atoms with Crippen LogP contribution in [0.2, 0.25) is 0 Å². The zero-order valence-corrected chi connectivity index (χ0v) is 15.2. The van der Waals surface area contributed by atoms with Gasteiger partial charge in [0.25, 0.3) is 0 Å². The third kappa shape index (κ3) is 3.96. The maximum atomic E-state index is 12.3. The molecule has 0 bridgehead atoms. The number of amides is 2. The molecule has 0 unspecified atom stereocenters. The number of carbonyl (C=O) groups excluding carboxylic acids is 2. The molecule has 0 fully saturated rings. The zero-order chi connectivity index (χ0) is 18.1. The second-order valence-corrected chi connectivity index (χ2v) is 7.16. The van der Waals surface area contributed by atoms with Crippen LogP contribution in [0.4, 0.5) is 10.5 Å². The molecule has 1 aromatic rings. The normalized spacial score (nSPS) is 14.0. The van der Waals surface area contributed by atoms with Crippen LogP contribution in [0, 0.1) is 6.92 Å². The van der Waals surface area contributed by atoms with Gasteiger partial charge in [-0.05, 0) is 62.9 Å². The van der Waals surface area contributed by atoms with E-state index < -0.39 is 5.60 Å². The van der Waals surface area contributed by atoms with E-state index >= 15 is 0 Å². The van der Waals surface area contributed by atoms with Crippen molar-refractivity contribution in [3.05, 3.63) is 41.5 Å². The van der Waals surface area contributed by atoms with E-state index in [9.17, 15) is 9.59 Å². The third-order valence-corrected chi connectivity index (χ3v) is 4.05. The van der Waals surface area contributed by atoms with Gasteiger partial charge in [0.05, 0.1) is 0 Å². The average molecular weight is 330 g/mol. The summed E-state index contributed by atoms with van der Waals surface area (Å²) in [6.45, 7) is 12.2. The molecule has 0 atom stereocenters. The first-order valence-electron chi connectivity index (χ1n) is 8.13. The average Bonchev–Trinajstić information content (AvgIpc) is 2.50. The minimum Gasteiger partial charge on any atom is -0.444 e. The van der Waals surface area contributed by atoms with Gasteiger partial charge in [-0.1, -0.05) is 12.6 Å². The van der Waals surface area contributed by atoms with Crippen LogP contribution >= 0.6 is 0 Å². The molecule has 2 amide bonds. The molecule has 0 N–H and O–H groups in total. The largest absolute Gasteiger partial charge is 0.444 e. The Kier molecular flexibility index (Phi) is 5.02. The smallest absolute Gasteiger partial charge is 0.410 e. The van der Waals surface area contributed by atoms with Gasteiger partial charge < -0.3 is 14.5 Å². The van der Waals surface area contributed by atoms with Crippen LogP contribution in [0.5, 0.6) is 0 Å².